The van der Waals surface area contributed by atoms with E-state index in [2.05, 4.69) is 27.7 Å². The normalized spacial score (nSPS) is 35.7. The minimum absolute atomic E-state index is 0.0131. The molecule has 3 rings (SSSR count). The summed E-state index contributed by atoms with van der Waals surface area (Å²) >= 11 is 0. The molecule has 0 aromatic carbocycles. The maximum absolute atomic E-state index is 12.6. The quantitative estimate of drug-likeness (QED) is 0.759. The molecule has 2 aliphatic carbocycles. The maximum atomic E-state index is 12.6. The smallest absolute Gasteiger partial charge is 0.169 e. The third-order valence-electron chi connectivity index (χ3n) is 6.62. The van der Waals surface area contributed by atoms with Gasteiger partial charge in [-0.3, -0.25) is 4.79 Å². The lowest BCUT2D eigenvalue weighted by Gasteiger charge is -2.59. The Bertz CT molecular complexity index is 525. The van der Waals surface area contributed by atoms with E-state index < -0.39 is 5.79 Å². The standard InChI is InChI=1S/C20H32O3/c1-6-7-8-15-14(2)16(21)11-17-18(3,4)12-20(13-19(15,17)5)22-9-10-23-20/h17H,6-13H2,1-5H3/t17-,19+/m0/s1. The van der Waals surface area contributed by atoms with Crippen LogP contribution in [0.5, 0.6) is 0 Å². The SMILES string of the molecule is CCCCC1=C(C)C(=O)C[C@H]2C(C)(C)CC3(C[C@]12C)OCCO3. The molecule has 0 N–H and O–H groups in total. The van der Waals surface area contributed by atoms with Crippen molar-refractivity contribution in [1.29, 1.82) is 0 Å². The van der Waals surface area contributed by atoms with Gasteiger partial charge in [0.25, 0.3) is 0 Å². The summed E-state index contributed by atoms with van der Waals surface area (Å²) in [6.45, 7) is 12.6. The van der Waals surface area contributed by atoms with Crippen molar-refractivity contribution in [2.75, 3.05) is 13.2 Å². The zero-order valence-electron chi connectivity index (χ0n) is 15.5. The second-order valence-corrected chi connectivity index (χ2v) is 8.75. The predicted molar refractivity (Wildman–Crippen MR) is 91.1 cm³/mol. The molecule has 0 unspecified atom stereocenters. The number of ketones is 1. The van der Waals surface area contributed by atoms with E-state index in [1.54, 1.807) is 0 Å². The molecule has 0 aromatic heterocycles. The van der Waals surface area contributed by atoms with Crippen molar-refractivity contribution in [1.82, 2.24) is 0 Å². The van der Waals surface area contributed by atoms with Crippen molar-refractivity contribution in [2.45, 2.75) is 78.9 Å². The summed E-state index contributed by atoms with van der Waals surface area (Å²) in [7, 11) is 0. The second kappa shape index (κ2) is 5.70. The van der Waals surface area contributed by atoms with Crippen LogP contribution in [0.3, 0.4) is 0 Å². The van der Waals surface area contributed by atoms with Crippen molar-refractivity contribution in [3.8, 4) is 0 Å². The Kier molecular flexibility index (Phi) is 4.25. The van der Waals surface area contributed by atoms with E-state index in [4.69, 9.17) is 9.47 Å². The summed E-state index contributed by atoms with van der Waals surface area (Å²) in [6.07, 6.45) is 5.82. The van der Waals surface area contributed by atoms with Crippen molar-refractivity contribution < 1.29 is 14.3 Å². The van der Waals surface area contributed by atoms with Crippen LogP contribution < -0.4 is 0 Å². The molecule has 0 amide bonds. The van der Waals surface area contributed by atoms with Crippen LogP contribution in [-0.2, 0) is 14.3 Å². The molecule has 1 saturated heterocycles. The molecule has 2 fully saturated rings. The highest BCUT2D eigenvalue weighted by atomic mass is 16.7. The average Bonchev–Trinajstić information content (AvgIpc) is 2.88. The maximum Gasteiger partial charge on any atom is 0.169 e. The second-order valence-electron chi connectivity index (χ2n) is 8.75. The highest BCUT2D eigenvalue weighted by molar-refractivity contribution is 5.97. The zero-order chi connectivity index (χ0) is 16.9. The highest BCUT2D eigenvalue weighted by Gasteiger charge is 2.60. The predicted octanol–water partition coefficient (Wildman–Crippen LogP) is 4.65. The molecule has 0 aromatic rings. The molecule has 1 saturated carbocycles. The van der Waals surface area contributed by atoms with Gasteiger partial charge < -0.3 is 9.47 Å². The first-order chi connectivity index (χ1) is 10.7. The van der Waals surface area contributed by atoms with Crippen LogP contribution in [0.15, 0.2) is 11.1 Å². The third kappa shape index (κ3) is 2.70. The molecular formula is C20H32O3. The van der Waals surface area contributed by atoms with Crippen molar-refractivity contribution in [3.05, 3.63) is 11.1 Å². The molecule has 2 atom stereocenters. The van der Waals surface area contributed by atoms with Gasteiger partial charge in [0.05, 0.1) is 13.2 Å². The van der Waals surface area contributed by atoms with Crippen LogP contribution in [0.1, 0.15) is 73.1 Å². The van der Waals surface area contributed by atoms with E-state index in [-0.39, 0.29) is 10.8 Å². The average molecular weight is 320 g/mol. The van der Waals surface area contributed by atoms with E-state index in [1.165, 1.54) is 5.57 Å². The van der Waals surface area contributed by atoms with Gasteiger partial charge >= 0.3 is 0 Å². The van der Waals surface area contributed by atoms with Gasteiger partial charge in [-0.1, -0.05) is 39.7 Å². The summed E-state index contributed by atoms with van der Waals surface area (Å²) in [4.78, 5) is 12.6. The Morgan fingerprint density at radius 3 is 2.39 bits per heavy atom. The summed E-state index contributed by atoms with van der Waals surface area (Å²) in [5, 5.41) is 0. The number of Topliss-reactive ketones (excluding diaryl/α,β-unsaturated/α-hetero) is 1. The molecule has 0 bridgehead atoms. The van der Waals surface area contributed by atoms with Crippen molar-refractivity contribution in [3.63, 3.8) is 0 Å². The Morgan fingerprint density at radius 2 is 1.78 bits per heavy atom. The number of carbonyl (C=O) groups is 1. The first kappa shape index (κ1) is 17.2. The van der Waals surface area contributed by atoms with Gasteiger partial charge in [-0.2, -0.15) is 0 Å². The summed E-state index contributed by atoms with van der Waals surface area (Å²) in [6, 6.07) is 0. The number of allylic oxidation sites excluding steroid dienone is 2. The van der Waals surface area contributed by atoms with Gasteiger partial charge in [0, 0.05) is 19.3 Å². The van der Waals surface area contributed by atoms with E-state index in [0.29, 0.717) is 31.3 Å². The van der Waals surface area contributed by atoms with Crippen molar-refractivity contribution >= 4 is 5.78 Å². The third-order valence-corrected chi connectivity index (χ3v) is 6.62. The van der Waals surface area contributed by atoms with E-state index in [9.17, 15) is 4.79 Å². The lowest BCUT2D eigenvalue weighted by atomic mass is 9.48. The fraction of sp³-hybridized carbons (Fsp3) is 0.850. The fourth-order valence-corrected chi connectivity index (χ4v) is 5.71. The molecule has 3 aliphatic rings. The van der Waals surface area contributed by atoms with Crippen molar-refractivity contribution in [2.24, 2.45) is 16.7 Å². The topological polar surface area (TPSA) is 35.5 Å². The van der Waals surface area contributed by atoms with Gasteiger partial charge in [0.15, 0.2) is 11.6 Å². The van der Waals surface area contributed by atoms with Gasteiger partial charge in [-0.05, 0) is 42.1 Å². The van der Waals surface area contributed by atoms with Crippen LogP contribution in [-0.4, -0.2) is 24.8 Å². The van der Waals surface area contributed by atoms with Gasteiger partial charge in [-0.15, -0.1) is 0 Å². The first-order valence-corrected chi connectivity index (χ1v) is 9.25. The number of rotatable bonds is 3. The number of hydrogen-bond acceptors (Lipinski definition) is 3. The Labute approximate surface area is 140 Å². The number of unbranched alkanes of at least 4 members (excludes halogenated alkanes) is 1. The van der Waals surface area contributed by atoms with Gasteiger partial charge in [-0.25, -0.2) is 0 Å². The number of carbonyl (C=O) groups excluding carboxylic acids is 1. The van der Waals surface area contributed by atoms with E-state index in [0.717, 1.165) is 37.7 Å². The van der Waals surface area contributed by atoms with Crippen LogP contribution in [0.2, 0.25) is 0 Å². The largest absolute Gasteiger partial charge is 0.347 e. The monoisotopic (exact) mass is 320 g/mol. The van der Waals surface area contributed by atoms with Gasteiger partial charge in [0.2, 0.25) is 0 Å². The molecule has 1 aliphatic heterocycles. The van der Waals surface area contributed by atoms with Crippen LogP contribution in [0.25, 0.3) is 0 Å². The summed E-state index contributed by atoms with van der Waals surface area (Å²) in [5.41, 5.74) is 2.46. The van der Waals surface area contributed by atoms with Crippen LogP contribution in [0.4, 0.5) is 0 Å². The Balaban J connectivity index is 2.06. The van der Waals surface area contributed by atoms with Crippen LogP contribution in [0, 0.1) is 16.7 Å². The Hall–Kier alpha value is -0.670. The van der Waals surface area contributed by atoms with E-state index >= 15 is 0 Å². The van der Waals surface area contributed by atoms with E-state index in [1.807, 2.05) is 6.92 Å². The highest BCUT2D eigenvalue weighted by Crippen LogP contribution is 2.63. The lowest BCUT2D eigenvalue weighted by Crippen LogP contribution is -2.56. The molecular weight excluding hydrogens is 288 g/mol. The molecule has 1 spiro atoms. The Morgan fingerprint density at radius 1 is 1.13 bits per heavy atom. The molecule has 3 heteroatoms. The number of fused-ring (bicyclic) bond motifs is 1. The molecule has 0 radical (unpaired) electrons. The molecule has 130 valence electrons. The molecule has 1 heterocycles. The molecule has 3 nitrogen and oxygen atoms in total. The number of ether oxygens (including phenoxy) is 2. The van der Waals surface area contributed by atoms with Crippen LogP contribution >= 0.6 is 0 Å². The zero-order valence-corrected chi connectivity index (χ0v) is 15.5. The number of hydrogen-bond donors (Lipinski definition) is 0. The first-order valence-electron chi connectivity index (χ1n) is 9.25. The summed E-state index contributed by atoms with van der Waals surface area (Å²) < 4.78 is 12.2. The minimum atomic E-state index is -0.438. The van der Waals surface area contributed by atoms with Gasteiger partial charge in [0.1, 0.15) is 0 Å². The molecule has 23 heavy (non-hydrogen) atoms. The minimum Gasteiger partial charge on any atom is -0.347 e. The summed E-state index contributed by atoms with van der Waals surface area (Å²) in [5.74, 6) is 0.305. The lowest BCUT2D eigenvalue weighted by molar-refractivity contribution is -0.237. The fourth-order valence-electron chi connectivity index (χ4n) is 5.71.